The zero-order valence-corrected chi connectivity index (χ0v) is 22.8. The van der Waals surface area contributed by atoms with Crippen LogP contribution < -0.4 is 24.4 Å². The van der Waals surface area contributed by atoms with Crippen molar-refractivity contribution in [2.75, 3.05) is 26.4 Å². The maximum atomic E-state index is 13.6. The molecule has 0 amide bonds. The number of fused-ring (bicyclic) bond motifs is 2. The molecule has 6 nitrogen and oxygen atoms in total. The summed E-state index contributed by atoms with van der Waals surface area (Å²) < 4.78 is 30.8. The highest BCUT2D eigenvalue weighted by molar-refractivity contribution is 6.33. The van der Waals surface area contributed by atoms with Crippen LogP contribution in [0.4, 0.5) is 0 Å². The van der Waals surface area contributed by atoms with Gasteiger partial charge in [0, 0.05) is 0 Å². The van der Waals surface area contributed by atoms with Crippen molar-refractivity contribution in [3.05, 3.63) is 33.4 Å². The van der Waals surface area contributed by atoms with Crippen LogP contribution >= 0.6 is 11.6 Å². The first-order chi connectivity index (χ1) is 17.6. The summed E-state index contributed by atoms with van der Waals surface area (Å²) in [7, 11) is 0. The summed E-state index contributed by atoms with van der Waals surface area (Å²) in [5.41, 5.74) is 0.458. The molecule has 0 aliphatic carbocycles. The monoisotopic (exact) mass is 518 g/mol. The van der Waals surface area contributed by atoms with Crippen molar-refractivity contribution in [1.29, 1.82) is 0 Å². The lowest BCUT2D eigenvalue weighted by Gasteiger charge is -2.18. The van der Waals surface area contributed by atoms with E-state index < -0.39 is 0 Å². The van der Waals surface area contributed by atoms with Crippen molar-refractivity contribution in [3.8, 4) is 23.0 Å². The van der Waals surface area contributed by atoms with E-state index in [9.17, 15) is 4.79 Å². The quantitative estimate of drug-likeness (QED) is 0.140. The third kappa shape index (κ3) is 6.58. The van der Waals surface area contributed by atoms with Gasteiger partial charge < -0.3 is 23.4 Å². The van der Waals surface area contributed by atoms with Crippen molar-refractivity contribution >= 4 is 33.5 Å². The fourth-order valence-electron chi connectivity index (χ4n) is 3.73. The van der Waals surface area contributed by atoms with E-state index in [1.165, 1.54) is 0 Å². The van der Waals surface area contributed by atoms with Crippen LogP contribution in [0.25, 0.3) is 21.9 Å². The summed E-state index contributed by atoms with van der Waals surface area (Å²) in [4.78, 5) is 13.6. The highest BCUT2D eigenvalue weighted by Crippen LogP contribution is 2.44. The van der Waals surface area contributed by atoms with Crippen molar-refractivity contribution < 1.29 is 23.4 Å². The Morgan fingerprint density at radius 1 is 0.667 bits per heavy atom. The molecule has 7 heteroatoms. The van der Waals surface area contributed by atoms with Crippen LogP contribution in [0.2, 0.25) is 5.02 Å². The van der Waals surface area contributed by atoms with Gasteiger partial charge in [-0.25, -0.2) is 0 Å². The third-order valence-corrected chi connectivity index (χ3v) is 6.18. The van der Waals surface area contributed by atoms with Crippen LogP contribution in [0.1, 0.15) is 79.1 Å². The summed E-state index contributed by atoms with van der Waals surface area (Å²) >= 11 is 6.60. The van der Waals surface area contributed by atoms with E-state index in [0.717, 1.165) is 51.4 Å². The van der Waals surface area contributed by atoms with Gasteiger partial charge in [-0.3, -0.25) is 4.79 Å². The average Bonchev–Trinajstić information content (AvgIpc) is 2.87. The predicted octanol–water partition coefficient (Wildman–Crippen LogP) is 8.32. The zero-order valence-electron chi connectivity index (χ0n) is 22.0. The molecule has 0 spiro atoms. The van der Waals surface area contributed by atoms with Gasteiger partial charge in [-0.15, -0.1) is 0 Å². The SMILES string of the molecule is CCCCOc1ccc2c(=O)c3cc(Cl)c(OCCCC)c(OCCCC)c3oc2c1OCCCC. The van der Waals surface area contributed by atoms with Crippen LogP contribution in [0.5, 0.6) is 23.0 Å². The molecule has 2 aromatic carbocycles. The van der Waals surface area contributed by atoms with E-state index in [2.05, 4.69) is 27.7 Å². The summed E-state index contributed by atoms with van der Waals surface area (Å²) in [6.07, 6.45) is 7.45. The Kier molecular flexibility index (Phi) is 11.1. The van der Waals surface area contributed by atoms with E-state index in [0.29, 0.717) is 76.4 Å². The molecule has 0 radical (unpaired) electrons. The molecular weight excluding hydrogens is 480 g/mol. The Hall–Kier alpha value is -2.60. The summed E-state index contributed by atoms with van der Waals surface area (Å²) in [5.74, 6) is 1.77. The molecule has 1 aromatic heterocycles. The van der Waals surface area contributed by atoms with E-state index >= 15 is 0 Å². The van der Waals surface area contributed by atoms with Crippen molar-refractivity contribution in [2.45, 2.75) is 79.1 Å². The minimum Gasteiger partial charge on any atom is -0.490 e. The van der Waals surface area contributed by atoms with Crippen LogP contribution in [0.15, 0.2) is 27.4 Å². The molecule has 1 heterocycles. The number of ether oxygens (including phenoxy) is 4. The molecule has 198 valence electrons. The molecule has 0 atom stereocenters. The Bertz CT molecular complexity index is 1190. The van der Waals surface area contributed by atoms with Gasteiger partial charge in [0.1, 0.15) is 0 Å². The molecular formula is C29H39ClO6. The topological polar surface area (TPSA) is 67.1 Å². The van der Waals surface area contributed by atoms with Gasteiger partial charge in [0.25, 0.3) is 0 Å². The lowest BCUT2D eigenvalue weighted by Crippen LogP contribution is -2.09. The van der Waals surface area contributed by atoms with Gasteiger partial charge in [-0.1, -0.05) is 65.0 Å². The molecule has 3 aromatic rings. The van der Waals surface area contributed by atoms with E-state index in [4.69, 9.17) is 35.0 Å². The van der Waals surface area contributed by atoms with Crippen molar-refractivity contribution in [1.82, 2.24) is 0 Å². The van der Waals surface area contributed by atoms with Crippen molar-refractivity contribution in [3.63, 3.8) is 0 Å². The Balaban J connectivity index is 2.24. The number of benzene rings is 2. The first-order valence-electron chi connectivity index (χ1n) is 13.3. The first-order valence-corrected chi connectivity index (χ1v) is 13.7. The standard InChI is InChI=1S/C29H39ClO6/c1-5-9-15-32-23-14-13-20-24(31)21-19-22(30)27(33-16-10-6-2)29(35-18-12-8-4)26(21)36-25(20)28(23)34-17-11-7-3/h13-14,19H,5-12,15-18H2,1-4H3. The molecule has 0 N–H and O–H groups in total. The van der Waals surface area contributed by atoms with Gasteiger partial charge in [0.2, 0.25) is 16.9 Å². The Labute approximate surface area is 218 Å². The van der Waals surface area contributed by atoms with Crippen molar-refractivity contribution in [2.24, 2.45) is 0 Å². The molecule has 3 rings (SSSR count). The Morgan fingerprint density at radius 3 is 1.75 bits per heavy atom. The number of unbranched alkanes of at least 4 members (excludes halogenated alkanes) is 4. The summed E-state index contributed by atoms with van der Waals surface area (Å²) in [6.45, 7) is 10.4. The number of rotatable bonds is 16. The molecule has 0 aliphatic heterocycles. The van der Waals surface area contributed by atoms with E-state index in [1.54, 1.807) is 18.2 Å². The molecule has 0 saturated heterocycles. The lowest BCUT2D eigenvalue weighted by atomic mass is 10.1. The maximum Gasteiger partial charge on any atom is 0.206 e. The number of hydrogen-bond acceptors (Lipinski definition) is 6. The van der Waals surface area contributed by atoms with Gasteiger partial charge >= 0.3 is 0 Å². The molecule has 0 saturated carbocycles. The zero-order chi connectivity index (χ0) is 25.9. The average molecular weight is 519 g/mol. The predicted molar refractivity (Wildman–Crippen MR) is 147 cm³/mol. The van der Waals surface area contributed by atoms with E-state index in [1.807, 2.05) is 0 Å². The van der Waals surface area contributed by atoms with Gasteiger partial charge in [0.05, 0.1) is 42.2 Å². The van der Waals surface area contributed by atoms with Gasteiger partial charge in [0.15, 0.2) is 22.7 Å². The number of hydrogen-bond donors (Lipinski definition) is 0. The lowest BCUT2D eigenvalue weighted by molar-refractivity contribution is 0.259. The second kappa shape index (κ2) is 14.2. The molecule has 0 fully saturated rings. The minimum atomic E-state index is -0.200. The Morgan fingerprint density at radius 2 is 1.17 bits per heavy atom. The van der Waals surface area contributed by atoms with Crippen LogP contribution in [-0.4, -0.2) is 26.4 Å². The van der Waals surface area contributed by atoms with E-state index in [-0.39, 0.29) is 5.43 Å². The summed E-state index contributed by atoms with van der Waals surface area (Å²) in [5, 5.41) is 1.09. The van der Waals surface area contributed by atoms with Gasteiger partial charge in [-0.05, 0) is 43.9 Å². The van der Waals surface area contributed by atoms with Crippen LogP contribution in [0.3, 0.4) is 0 Å². The third-order valence-electron chi connectivity index (χ3n) is 5.90. The largest absolute Gasteiger partial charge is 0.490 e. The minimum absolute atomic E-state index is 0.200. The second-order valence-corrected chi connectivity index (χ2v) is 9.31. The second-order valence-electron chi connectivity index (χ2n) is 8.90. The van der Waals surface area contributed by atoms with Crippen LogP contribution in [-0.2, 0) is 0 Å². The molecule has 36 heavy (non-hydrogen) atoms. The fourth-order valence-corrected chi connectivity index (χ4v) is 3.98. The first kappa shape index (κ1) is 28.0. The molecule has 0 unspecified atom stereocenters. The van der Waals surface area contributed by atoms with Gasteiger partial charge in [-0.2, -0.15) is 0 Å². The molecule has 0 aliphatic rings. The van der Waals surface area contributed by atoms with Crippen LogP contribution in [0, 0.1) is 0 Å². The highest BCUT2D eigenvalue weighted by Gasteiger charge is 2.24. The maximum absolute atomic E-state index is 13.6. The number of halogens is 1. The smallest absolute Gasteiger partial charge is 0.206 e. The highest BCUT2D eigenvalue weighted by atomic mass is 35.5. The summed E-state index contributed by atoms with van der Waals surface area (Å²) in [6, 6.07) is 5.12. The fraction of sp³-hybridized carbons (Fsp3) is 0.552. The molecule has 0 bridgehead atoms. The normalized spacial score (nSPS) is 11.2.